The van der Waals surface area contributed by atoms with E-state index in [1.807, 2.05) is 38.4 Å². The molecule has 1 amide bonds. The first-order valence-electron chi connectivity index (χ1n) is 9.98. The highest BCUT2D eigenvalue weighted by molar-refractivity contribution is 9.10. The zero-order valence-corrected chi connectivity index (χ0v) is 19.1. The fourth-order valence-corrected chi connectivity index (χ4v) is 3.71. The number of ether oxygens (including phenoxy) is 1. The van der Waals surface area contributed by atoms with Crippen molar-refractivity contribution in [3.63, 3.8) is 0 Å². The molecule has 2 aromatic carbocycles. The number of amides is 1. The molecule has 0 aromatic heterocycles. The molecule has 1 atom stereocenters. The molecule has 31 heavy (non-hydrogen) atoms. The number of carbonyl (C=O) groups excluding carboxylic acids is 2. The first kappa shape index (κ1) is 22.8. The molecule has 1 heterocycles. The van der Waals surface area contributed by atoms with Crippen LogP contribution in [0.4, 0.5) is 0 Å². The van der Waals surface area contributed by atoms with Gasteiger partial charge in [0.25, 0.3) is 5.91 Å². The minimum atomic E-state index is -0.737. The molecule has 1 aliphatic heterocycles. The SMILES string of the molecule is C=CCOc1ccc(/C([O-])=C2\C(=O)C(=O)N(CC[NH+](C)C)C2c2ccc(Br)cc2)cc1. The summed E-state index contributed by atoms with van der Waals surface area (Å²) in [6.07, 6.45) is 1.63. The number of carbonyl (C=O) groups is 2. The lowest BCUT2D eigenvalue weighted by molar-refractivity contribution is -0.857. The summed E-state index contributed by atoms with van der Waals surface area (Å²) < 4.78 is 6.33. The molecule has 7 heteroatoms. The zero-order valence-electron chi connectivity index (χ0n) is 17.6. The molecule has 6 nitrogen and oxygen atoms in total. The van der Waals surface area contributed by atoms with E-state index in [9.17, 15) is 14.7 Å². The Kier molecular flexibility index (Phi) is 7.30. The van der Waals surface area contributed by atoms with Crippen LogP contribution >= 0.6 is 15.9 Å². The van der Waals surface area contributed by atoms with E-state index in [1.165, 1.54) is 4.90 Å². The van der Waals surface area contributed by atoms with Crippen LogP contribution in [0.25, 0.3) is 5.76 Å². The maximum absolute atomic E-state index is 13.4. The van der Waals surface area contributed by atoms with Crippen LogP contribution in [0.5, 0.6) is 5.75 Å². The molecule has 0 aliphatic carbocycles. The number of nitrogens with one attached hydrogen (secondary N) is 1. The van der Waals surface area contributed by atoms with Gasteiger partial charge in [-0.1, -0.05) is 58.6 Å². The Balaban J connectivity index is 2.05. The van der Waals surface area contributed by atoms with Crippen molar-refractivity contribution in [2.24, 2.45) is 0 Å². The van der Waals surface area contributed by atoms with Crippen molar-refractivity contribution in [3.05, 3.63) is 82.4 Å². The molecule has 0 saturated carbocycles. The number of Topliss-reactive ketones (excluding diaryl/α,β-unsaturated/α-hetero) is 1. The largest absolute Gasteiger partial charge is 0.872 e. The quantitative estimate of drug-likeness (QED) is 0.266. The number of nitrogens with zero attached hydrogens (tertiary/aromatic N) is 1. The van der Waals surface area contributed by atoms with E-state index in [1.54, 1.807) is 30.3 Å². The third-order valence-electron chi connectivity index (χ3n) is 5.05. The Bertz CT molecular complexity index is 997. The molecule has 1 saturated heterocycles. The second-order valence-corrected chi connectivity index (χ2v) is 8.52. The average Bonchev–Trinajstić information content (AvgIpc) is 3.01. The molecule has 1 aliphatic rings. The Labute approximate surface area is 190 Å². The van der Waals surface area contributed by atoms with Gasteiger partial charge in [-0.25, -0.2) is 0 Å². The minimum absolute atomic E-state index is 0.0131. The fourth-order valence-electron chi connectivity index (χ4n) is 3.45. The highest BCUT2D eigenvalue weighted by Gasteiger charge is 2.44. The van der Waals surface area contributed by atoms with Gasteiger partial charge in [0.2, 0.25) is 5.78 Å². The highest BCUT2D eigenvalue weighted by atomic mass is 79.9. The third kappa shape index (κ3) is 5.06. The molecule has 2 aromatic rings. The van der Waals surface area contributed by atoms with Gasteiger partial charge in [-0.05, 0) is 35.4 Å². The summed E-state index contributed by atoms with van der Waals surface area (Å²) in [5.41, 5.74) is 1.05. The summed E-state index contributed by atoms with van der Waals surface area (Å²) in [4.78, 5) is 28.4. The van der Waals surface area contributed by atoms with Gasteiger partial charge in [0, 0.05) is 10.0 Å². The van der Waals surface area contributed by atoms with Crippen molar-refractivity contribution >= 4 is 33.4 Å². The predicted molar refractivity (Wildman–Crippen MR) is 120 cm³/mol. The van der Waals surface area contributed by atoms with Gasteiger partial charge >= 0.3 is 0 Å². The van der Waals surface area contributed by atoms with Crippen molar-refractivity contribution in [2.45, 2.75) is 6.04 Å². The first-order chi connectivity index (χ1) is 14.8. The number of hydrogen-bond acceptors (Lipinski definition) is 4. The van der Waals surface area contributed by atoms with Gasteiger partial charge in [-0.2, -0.15) is 0 Å². The Morgan fingerprint density at radius 2 is 1.81 bits per heavy atom. The number of quaternary nitrogens is 1. The van der Waals surface area contributed by atoms with E-state index in [-0.39, 0.29) is 5.57 Å². The molecule has 0 radical (unpaired) electrons. The predicted octanol–water partition coefficient (Wildman–Crippen LogP) is 1.38. The maximum atomic E-state index is 13.4. The zero-order chi connectivity index (χ0) is 22.5. The van der Waals surface area contributed by atoms with Crippen LogP contribution in [0.2, 0.25) is 0 Å². The standard InChI is InChI=1S/C24H25BrN2O4/c1-4-15-31-19-11-7-17(8-12-19)22(28)20-21(16-5-9-18(25)10-6-16)27(14-13-26(2)3)24(30)23(20)29/h4-12,21,28H,1,13-15H2,2-3H3/b22-20+. The smallest absolute Gasteiger partial charge is 0.295 e. The third-order valence-corrected chi connectivity index (χ3v) is 5.58. The molecule has 0 bridgehead atoms. The molecule has 3 rings (SSSR count). The number of benzene rings is 2. The first-order valence-corrected chi connectivity index (χ1v) is 10.8. The van der Waals surface area contributed by atoms with Crippen molar-refractivity contribution < 1.29 is 24.3 Å². The second kappa shape index (κ2) is 9.94. The molecular formula is C24H25BrN2O4. The van der Waals surface area contributed by atoms with Gasteiger partial charge in [-0.3, -0.25) is 9.59 Å². The molecular weight excluding hydrogens is 460 g/mol. The Morgan fingerprint density at radius 1 is 1.16 bits per heavy atom. The van der Waals surface area contributed by atoms with Crippen LogP contribution in [-0.2, 0) is 9.59 Å². The summed E-state index contributed by atoms with van der Waals surface area (Å²) in [6, 6.07) is 13.2. The Hall–Kier alpha value is -2.90. The van der Waals surface area contributed by atoms with Crippen molar-refractivity contribution in [1.82, 2.24) is 4.90 Å². The van der Waals surface area contributed by atoms with Gasteiger partial charge in [-0.15, -0.1) is 0 Å². The lowest BCUT2D eigenvalue weighted by Gasteiger charge is -2.27. The minimum Gasteiger partial charge on any atom is -0.872 e. The number of ketones is 1. The number of hydrogen-bond donors (Lipinski definition) is 1. The molecule has 162 valence electrons. The van der Waals surface area contributed by atoms with Crippen LogP contribution in [0, 0.1) is 0 Å². The van der Waals surface area contributed by atoms with E-state index in [4.69, 9.17) is 4.74 Å². The fraction of sp³-hybridized carbons (Fsp3) is 0.250. The summed E-state index contributed by atoms with van der Waals surface area (Å²) in [7, 11) is 3.95. The van der Waals surface area contributed by atoms with Crippen LogP contribution in [0.3, 0.4) is 0 Å². The molecule has 1 unspecified atom stereocenters. The summed E-state index contributed by atoms with van der Waals surface area (Å²) in [5, 5.41) is 13.4. The van der Waals surface area contributed by atoms with Crippen LogP contribution < -0.4 is 14.7 Å². The van der Waals surface area contributed by atoms with E-state index < -0.39 is 23.5 Å². The lowest BCUT2D eigenvalue weighted by Crippen LogP contribution is -3.06. The normalized spacial score (nSPS) is 17.9. The number of likely N-dealkylation sites (tertiary alicyclic amines) is 1. The van der Waals surface area contributed by atoms with Gasteiger partial charge in [0.1, 0.15) is 12.4 Å². The van der Waals surface area contributed by atoms with Crippen molar-refractivity contribution in [1.29, 1.82) is 0 Å². The van der Waals surface area contributed by atoms with Crippen molar-refractivity contribution in [3.8, 4) is 5.75 Å². The summed E-state index contributed by atoms with van der Waals surface area (Å²) in [5.74, 6) is -1.22. The van der Waals surface area contributed by atoms with E-state index in [2.05, 4.69) is 22.5 Å². The van der Waals surface area contributed by atoms with Crippen LogP contribution in [-0.4, -0.2) is 50.4 Å². The Morgan fingerprint density at radius 3 is 2.39 bits per heavy atom. The van der Waals surface area contributed by atoms with E-state index >= 15 is 0 Å². The average molecular weight is 485 g/mol. The van der Waals surface area contributed by atoms with Crippen LogP contribution in [0.15, 0.2) is 71.2 Å². The van der Waals surface area contributed by atoms with Gasteiger partial charge in [0.05, 0.1) is 33.2 Å². The maximum Gasteiger partial charge on any atom is 0.295 e. The van der Waals surface area contributed by atoms with Crippen molar-refractivity contribution in [2.75, 3.05) is 33.8 Å². The van der Waals surface area contributed by atoms with Gasteiger partial charge < -0.3 is 19.6 Å². The molecule has 1 N–H and O–H groups in total. The monoisotopic (exact) mass is 484 g/mol. The highest BCUT2D eigenvalue weighted by Crippen LogP contribution is 2.38. The molecule has 1 fully saturated rings. The number of rotatable bonds is 8. The summed E-state index contributed by atoms with van der Waals surface area (Å²) in [6.45, 7) is 4.99. The van der Waals surface area contributed by atoms with Crippen LogP contribution in [0.1, 0.15) is 17.2 Å². The number of likely N-dealkylation sites (N-methyl/N-ethyl adjacent to an activating group) is 1. The summed E-state index contributed by atoms with van der Waals surface area (Å²) >= 11 is 3.41. The number of halogens is 1. The topological polar surface area (TPSA) is 74.1 Å². The molecule has 0 spiro atoms. The van der Waals surface area contributed by atoms with E-state index in [0.29, 0.717) is 31.0 Å². The lowest BCUT2D eigenvalue weighted by atomic mass is 9.95. The van der Waals surface area contributed by atoms with Gasteiger partial charge in [0.15, 0.2) is 0 Å². The second-order valence-electron chi connectivity index (χ2n) is 7.61. The van der Waals surface area contributed by atoms with E-state index in [0.717, 1.165) is 14.9 Å².